The Morgan fingerprint density at radius 2 is 1.87 bits per heavy atom. The minimum absolute atomic E-state index is 0.108. The van der Waals surface area contributed by atoms with Gasteiger partial charge in [0.15, 0.2) is 17.1 Å². The van der Waals surface area contributed by atoms with E-state index in [1.807, 2.05) is 66.1 Å². The molecule has 156 valence electrons. The fourth-order valence-corrected chi connectivity index (χ4v) is 3.52. The predicted octanol–water partition coefficient (Wildman–Crippen LogP) is 4.34. The second-order valence-electron chi connectivity index (χ2n) is 6.38. The molecule has 0 saturated carbocycles. The molecule has 1 heterocycles. The molecule has 0 radical (unpaired) electrons. The second kappa shape index (κ2) is 10.5. The number of benzene rings is 2. The summed E-state index contributed by atoms with van der Waals surface area (Å²) >= 11 is 1.32. The lowest BCUT2D eigenvalue weighted by Gasteiger charge is -2.16. The molecule has 0 fully saturated rings. The summed E-state index contributed by atoms with van der Waals surface area (Å²) in [5.41, 5.74) is 0.762. The molecule has 1 atom stereocenters. The fourth-order valence-electron chi connectivity index (χ4n) is 2.77. The Balaban J connectivity index is 1.65. The van der Waals surface area contributed by atoms with Crippen LogP contribution >= 0.6 is 11.8 Å². The highest BCUT2D eigenvalue weighted by molar-refractivity contribution is 7.99. The number of thioether (sulfide) groups is 1. The number of hydrogen-bond acceptors (Lipinski definition) is 6. The van der Waals surface area contributed by atoms with E-state index >= 15 is 0 Å². The number of allylic oxidation sites excluding steroid dienone is 1. The van der Waals surface area contributed by atoms with Crippen molar-refractivity contribution < 1.29 is 14.3 Å². The van der Waals surface area contributed by atoms with Gasteiger partial charge in [-0.15, -0.1) is 16.8 Å². The van der Waals surface area contributed by atoms with E-state index in [2.05, 4.69) is 22.1 Å². The van der Waals surface area contributed by atoms with Crippen LogP contribution in [-0.2, 0) is 11.3 Å². The van der Waals surface area contributed by atoms with Gasteiger partial charge in [-0.05, 0) is 43.3 Å². The van der Waals surface area contributed by atoms with Crippen molar-refractivity contribution in [2.45, 2.75) is 24.7 Å². The summed E-state index contributed by atoms with van der Waals surface area (Å²) in [6.45, 7) is 6.23. The van der Waals surface area contributed by atoms with E-state index in [-0.39, 0.29) is 17.8 Å². The van der Waals surface area contributed by atoms with Crippen molar-refractivity contribution in [3.63, 3.8) is 0 Å². The summed E-state index contributed by atoms with van der Waals surface area (Å²) in [5, 5.41) is 12.0. The molecular formula is C22H24N4O3S. The van der Waals surface area contributed by atoms with Crippen molar-refractivity contribution in [1.82, 2.24) is 14.8 Å². The largest absolute Gasteiger partial charge is 0.497 e. The molecule has 1 unspecified atom stereocenters. The molecule has 0 aliphatic heterocycles. The van der Waals surface area contributed by atoms with Crippen LogP contribution in [0, 0.1) is 0 Å². The lowest BCUT2D eigenvalue weighted by atomic mass is 10.3. The van der Waals surface area contributed by atoms with Crippen LogP contribution in [0.1, 0.15) is 18.9 Å². The fraction of sp³-hybridized carbons (Fsp3) is 0.227. The topological polar surface area (TPSA) is 78.3 Å². The van der Waals surface area contributed by atoms with E-state index in [1.54, 1.807) is 13.2 Å². The summed E-state index contributed by atoms with van der Waals surface area (Å²) in [4.78, 5) is 12.2. The molecule has 3 aromatic rings. The van der Waals surface area contributed by atoms with Crippen LogP contribution in [0.2, 0.25) is 0 Å². The number of para-hydroxylation sites is 1. The van der Waals surface area contributed by atoms with Crippen LogP contribution in [0.5, 0.6) is 11.5 Å². The molecule has 0 bridgehead atoms. The molecule has 2 aromatic carbocycles. The molecule has 0 saturated heterocycles. The highest BCUT2D eigenvalue weighted by atomic mass is 32.2. The van der Waals surface area contributed by atoms with Gasteiger partial charge in [-0.3, -0.25) is 9.36 Å². The molecule has 7 nitrogen and oxygen atoms in total. The summed E-state index contributed by atoms with van der Waals surface area (Å²) in [7, 11) is 1.62. The normalized spacial score (nSPS) is 11.5. The summed E-state index contributed by atoms with van der Waals surface area (Å²) in [6.07, 6.45) is 1.43. The number of carbonyl (C=O) groups is 1. The molecule has 8 heteroatoms. The number of hydrogen-bond donors (Lipinski definition) is 1. The van der Waals surface area contributed by atoms with Crippen molar-refractivity contribution in [1.29, 1.82) is 0 Å². The highest BCUT2D eigenvalue weighted by Gasteiger charge is 2.20. The van der Waals surface area contributed by atoms with E-state index in [0.717, 1.165) is 11.4 Å². The maximum absolute atomic E-state index is 12.2. The van der Waals surface area contributed by atoms with Gasteiger partial charge in [-0.2, -0.15) is 0 Å². The van der Waals surface area contributed by atoms with Crippen LogP contribution in [0.25, 0.3) is 0 Å². The quantitative estimate of drug-likeness (QED) is 0.385. The minimum Gasteiger partial charge on any atom is -0.497 e. The zero-order chi connectivity index (χ0) is 21.3. The molecular weight excluding hydrogens is 400 g/mol. The zero-order valence-corrected chi connectivity index (χ0v) is 17.8. The maximum atomic E-state index is 12.2. The van der Waals surface area contributed by atoms with Gasteiger partial charge in [0.2, 0.25) is 5.91 Å². The molecule has 0 aliphatic carbocycles. The highest BCUT2D eigenvalue weighted by Crippen LogP contribution is 2.26. The van der Waals surface area contributed by atoms with Crippen LogP contribution in [0.15, 0.2) is 72.4 Å². The van der Waals surface area contributed by atoms with Gasteiger partial charge >= 0.3 is 0 Å². The first kappa shape index (κ1) is 21.4. The third kappa shape index (κ3) is 5.64. The molecule has 1 aromatic heterocycles. The number of rotatable bonds is 10. The Hall–Kier alpha value is -3.26. The van der Waals surface area contributed by atoms with Crippen molar-refractivity contribution in [2.75, 3.05) is 18.2 Å². The summed E-state index contributed by atoms with van der Waals surface area (Å²) in [5.74, 6) is 2.24. The number of anilines is 1. The zero-order valence-electron chi connectivity index (χ0n) is 16.9. The molecule has 0 spiro atoms. The third-order valence-corrected chi connectivity index (χ3v) is 5.15. The van der Waals surface area contributed by atoms with E-state index in [9.17, 15) is 4.79 Å². The second-order valence-corrected chi connectivity index (χ2v) is 7.32. The smallest absolute Gasteiger partial charge is 0.234 e. The number of nitrogens with zero attached hydrogens (tertiary/aromatic N) is 3. The van der Waals surface area contributed by atoms with Crippen molar-refractivity contribution >= 4 is 23.4 Å². The van der Waals surface area contributed by atoms with Gasteiger partial charge < -0.3 is 14.8 Å². The molecule has 0 aliphatic rings. The average Bonchev–Trinajstić information content (AvgIpc) is 3.16. The number of amides is 1. The first-order valence-electron chi connectivity index (χ1n) is 9.43. The Kier molecular flexibility index (Phi) is 7.51. The number of aromatic nitrogens is 3. The van der Waals surface area contributed by atoms with E-state index in [1.165, 1.54) is 11.8 Å². The van der Waals surface area contributed by atoms with Gasteiger partial charge in [0, 0.05) is 12.2 Å². The van der Waals surface area contributed by atoms with Gasteiger partial charge in [0.25, 0.3) is 0 Å². The number of carbonyl (C=O) groups excluding carboxylic acids is 1. The molecule has 1 N–H and O–H groups in total. The summed E-state index contributed by atoms with van der Waals surface area (Å²) < 4.78 is 13.1. The monoisotopic (exact) mass is 424 g/mol. The Morgan fingerprint density at radius 1 is 1.17 bits per heavy atom. The Morgan fingerprint density at radius 3 is 2.53 bits per heavy atom. The van der Waals surface area contributed by atoms with Gasteiger partial charge in [-0.25, -0.2) is 0 Å². The maximum Gasteiger partial charge on any atom is 0.234 e. The van der Waals surface area contributed by atoms with Gasteiger partial charge in [0.1, 0.15) is 11.5 Å². The van der Waals surface area contributed by atoms with Gasteiger partial charge in [-0.1, -0.05) is 36.0 Å². The van der Waals surface area contributed by atoms with Gasteiger partial charge in [0.05, 0.1) is 12.9 Å². The molecule has 3 rings (SSSR count). The van der Waals surface area contributed by atoms with E-state index < -0.39 is 0 Å². The predicted molar refractivity (Wildman–Crippen MR) is 118 cm³/mol. The summed E-state index contributed by atoms with van der Waals surface area (Å²) in [6, 6.07) is 16.7. The molecule has 30 heavy (non-hydrogen) atoms. The molecule has 1 amide bonds. The number of ether oxygens (including phenoxy) is 2. The Labute approximate surface area is 180 Å². The van der Waals surface area contributed by atoms with Crippen LogP contribution in [0.3, 0.4) is 0 Å². The lowest BCUT2D eigenvalue weighted by molar-refractivity contribution is -0.113. The lowest BCUT2D eigenvalue weighted by Crippen LogP contribution is -2.15. The van der Waals surface area contributed by atoms with Crippen LogP contribution in [-0.4, -0.2) is 33.5 Å². The first-order chi connectivity index (χ1) is 14.6. The standard InChI is InChI=1S/C22H24N4O3S/c1-4-14-26-21(16(2)29-19-12-10-18(28-3)11-13-19)24-25-22(26)30-15-20(27)23-17-8-6-5-7-9-17/h4-13,16H,1,14-15H2,2-3H3,(H,23,27). The van der Waals surface area contributed by atoms with Crippen LogP contribution in [0.4, 0.5) is 5.69 Å². The first-order valence-corrected chi connectivity index (χ1v) is 10.4. The third-order valence-electron chi connectivity index (χ3n) is 4.18. The van der Waals surface area contributed by atoms with Crippen molar-refractivity contribution in [3.05, 3.63) is 73.1 Å². The number of nitrogens with one attached hydrogen (secondary N) is 1. The minimum atomic E-state index is -0.335. The van der Waals surface area contributed by atoms with Crippen molar-refractivity contribution in [2.24, 2.45) is 0 Å². The van der Waals surface area contributed by atoms with Crippen molar-refractivity contribution in [3.8, 4) is 11.5 Å². The Bertz CT molecular complexity index is 974. The van der Waals surface area contributed by atoms with E-state index in [0.29, 0.717) is 23.3 Å². The average molecular weight is 425 g/mol. The van der Waals surface area contributed by atoms with E-state index in [4.69, 9.17) is 9.47 Å². The number of methoxy groups -OCH3 is 1. The van der Waals surface area contributed by atoms with Crippen LogP contribution < -0.4 is 14.8 Å². The SMILES string of the molecule is C=CCn1c(SCC(=O)Nc2ccccc2)nnc1C(C)Oc1ccc(OC)cc1.